The lowest BCUT2D eigenvalue weighted by atomic mass is 10.1. The summed E-state index contributed by atoms with van der Waals surface area (Å²) >= 11 is 0. The molecule has 0 saturated heterocycles. The van der Waals surface area contributed by atoms with Gasteiger partial charge in [-0.25, -0.2) is 9.38 Å². The number of rotatable bonds is 1. The zero-order chi connectivity index (χ0) is 12.3. The zero-order valence-electron chi connectivity index (χ0n) is 10.1. The van der Waals surface area contributed by atoms with Crippen LogP contribution >= 0.6 is 0 Å². The van der Waals surface area contributed by atoms with E-state index in [0.717, 1.165) is 5.56 Å². The van der Waals surface area contributed by atoms with E-state index in [4.69, 9.17) is 5.73 Å². The minimum atomic E-state index is -0.327. The van der Waals surface area contributed by atoms with Gasteiger partial charge in [0.2, 0.25) is 0 Å². The smallest absolute Gasteiger partial charge is 0.193 e. The molecule has 0 amide bonds. The van der Waals surface area contributed by atoms with E-state index >= 15 is 0 Å². The normalized spacial score (nSPS) is 12.7. The number of nitrogens with two attached hydrogens (primary N) is 1. The van der Waals surface area contributed by atoms with Crippen molar-refractivity contribution in [2.75, 3.05) is 5.32 Å². The third-order valence-corrected chi connectivity index (χ3v) is 1.84. The minimum Gasteiger partial charge on any atom is -0.370 e. The van der Waals surface area contributed by atoms with Crippen molar-refractivity contribution in [3.63, 3.8) is 0 Å². The first kappa shape index (κ1) is 12.5. The first-order chi connectivity index (χ1) is 7.28. The highest BCUT2D eigenvalue weighted by atomic mass is 19.1. The Morgan fingerprint density at radius 2 is 2.00 bits per heavy atom. The first-order valence-electron chi connectivity index (χ1n) is 5.16. The number of halogens is 1. The van der Waals surface area contributed by atoms with Crippen molar-refractivity contribution in [1.29, 1.82) is 0 Å². The molecular weight excluding hydrogens is 205 g/mol. The Kier molecular flexibility index (Phi) is 3.52. The monoisotopic (exact) mass is 223 g/mol. The number of aryl methyl sites for hydroxylation is 1. The first-order valence-corrected chi connectivity index (χ1v) is 5.16. The molecule has 0 aliphatic carbocycles. The van der Waals surface area contributed by atoms with Gasteiger partial charge in [-0.2, -0.15) is 0 Å². The summed E-state index contributed by atoms with van der Waals surface area (Å²) < 4.78 is 13.5. The molecule has 0 spiro atoms. The summed E-state index contributed by atoms with van der Waals surface area (Å²) in [5.41, 5.74) is 6.60. The van der Waals surface area contributed by atoms with E-state index in [0.29, 0.717) is 5.69 Å². The molecule has 0 aliphatic rings. The van der Waals surface area contributed by atoms with Crippen LogP contribution in [0.2, 0.25) is 0 Å². The Morgan fingerprint density at radius 3 is 2.50 bits per heavy atom. The van der Waals surface area contributed by atoms with Gasteiger partial charge in [0.15, 0.2) is 5.96 Å². The Bertz CT molecular complexity index is 405. The Hall–Kier alpha value is -1.58. The predicted octanol–water partition coefficient (Wildman–Crippen LogP) is 2.66. The van der Waals surface area contributed by atoms with E-state index in [-0.39, 0.29) is 17.3 Å². The van der Waals surface area contributed by atoms with Crippen LogP contribution in [-0.4, -0.2) is 11.5 Å². The van der Waals surface area contributed by atoms with E-state index in [1.54, 1.807) is 6.07 Å². The lowest BCUT2D eigenvalue weighted by molar-refractivity contribution is 0.582. The maximum atomic E-state index is 13.5. The molecule has 1 aromatic rings. The van der Waals surface area contributed by atoms with Gasteiger partial charge < -0.3 is 11.1 Å². The maximum absolute atomic E-state index is 13.5. The molecule has 16 heavy (non-hydrogen) atoms. The summed E-state index contributed by atoms with van der Waals surface area (Å²) in [4.78, 5) is 4.18. The van der Waals surface area contributed by atoms with Crippen molar-refractivity contribution in [3.8, 4) is 0 Å². The third kappa shape index (κ3) is 3.88. The highest BCUT2D eigenvalue weighted by Gasteiger charge is 2.09. The zero-order valence-corrected chi connectivity index (χ0v) is 10.1. The van der Waals surface area contributed by atoms with E-state index in [2.05, 4.69) is 10.3 Å². The van der Waals surface area contributed by atoms with Gasteiger partial charge in [0, 0.05) is 0 Å². The van der Waals surface area contributed by atoms with Crippen LogP contribution in [0.25, 0.3) is 0 Å². The topological polar surface area (TPSA) is 50.4 Å². The highest BCUT2D eigenvalue weighted by Crippen LogP contribution is 2.15. The van der Waals surface area contributed by atoms with Crippen LogP contribution in [-0.2, 0) is 0 Å². The second-order valence-corrected chi connectivity index (χ2v) is 4.78. The van der Waals surface area contributed by atoms with Crippen molar-refractivity contribution in [2.24, 2.45) is 10.7 Å². The van der Waals surface area contributed by atoms with Crippen LogP contribution in [0.3, 0.4) is 0 Å². The van der Waals surface area contributed by atoms with Crippen LogP contribution in [0.1, 0.15) is 26.3 Å². The van der Waals surface area contributed by atoms with Crippen LogP contribution < -0.4 is 11.1 Å². The number of anilines is 1. The number of nitrogens with zero attached hydrogens (tertiary/aromatic N) is 1. The SMILES string of the molecule is Cc1ccc(NC(N)=NC(C)(C)C)c(F)c1. The molecule has 0 aromatic heterocycles. The van der Waals surface area contributed by atoms with Crippen LogP contribution in [0.15, 0.2) is 23.2 Å². The highest BCUT2D eigenvalue weighted by molar-refractivity contribution is 5.92. The molecule has 0 atom stereocenters. The van der Waals surface area contributed by atoms with E-state index < -0.39 is 0 Å². The molecule has 88 valence electrons. The summed E-state index contributed by atoms with van der Waals surface area (Å²) in [6.45, 7) is 7.60. The average Bonchev–Trinajstić information content (AvgIpc) is 2.06. The van der Waals surface area contributed by atoms with E-state index in [1.807, 2.05) is 33.8 Å². The fraction of sp³-hybridized carbons (Fsp3) is 0.417. The van der Waals surface area contributed by atoms with Gasteiger partial charge in [-0.05, 0) is 45.4 Å². The second kappa shape index (κ2) is 4.51. The average molecular weight is 223 g/mol. The van der Waals surface area contributed by atoms with Crippen molar-refractivity contribution in [1.82, 2.24) is 0 Å². The van der Waals surface area contributed by atoms with Crippen molar-refractivity contribution in [2.45, 2.75) is 33.2 Å². The Morgan fingerprint density at radius 1 is 1.38 bits per heavy atom. The lowest BCUT2D eigenvalue weighted by Crippen LogP contribution is -2.27. The Balaban J connectivity index is 2.85. The molecule has 0 fully saturated rings. The molecule has 0 unspecified atom stereocenters. The van der Waals surface area contributed by atoms with Gasteiger partial charge in [0.25, 0.3) is 0 Å². The standard InChI is InChI=1S/C12H18FN3/c1-8-5-6-10(9(13)7-8)15-11(14)16-12(2,3)4/h5-7H,1-4H3,(H3,14,15,16). The van der Waals surface area contributed by atoms with E-state index in [9.17, 15) is 4.39 Å². The van der Waals surface area contributed by atoms with Crippen molar-refractivity contribution in [3.05, 3.63) is 29.6 Å². The fourth-order valence-electron chi connectivity index (χ4n) is 1.25. The molecule has 0 bridgehead atoms. The van der Waals surface area contributed by atoms with Crippen molar-refractivity contribution >= 4 is 11.6 Å². The molecular formula is C12H18FN3. The van der Waals surface area contributed by atoms with Crippen LogP contribution in [0.4, 0.5) is 10.1 Å². The van der Waals surface area contributed by atoms with Crippen LogP contribution in [0.5, 0.6) is 0 Å². The van der Waals surface area contributed by atoms with E-state index in [1.165, 1.54) is 6.07 Å². The molecule has 1 rings (SSSR count). The number of benzene rings is 1. The molecule has 3 N–H and O–H groups in total. The van der Waals surface area contributed by atoms with Gasteiger partial charge >= 0.3 is 0 Å². The summed E-state index contributed by atoms with van der Waals surface area (Å²) in [5.74, 6) is -0.109. The quantitative estimate of drug-likeness (QED) is 0.568. The number of hydrogen-bond acceptors (Lipinski definition) is 1. The van der Waals surface area contributed by atoms with Gasteiger partial charge in [-0.1, -0.05) is 6.07 Å². The molecule has 0 heterocycles. The van der Waals surface area contributed by atoms with Gasteiger partial charge in [-0.3, -0.25) is 0 Å². The van der Waals surface area contributed by atoms with Gasteiger partial charge in [0.05, 0.1) is 11.2 Å². The molecule has 0 aliphatic heterocycles. The molecule has 0 radical (unpaired) electrons. The maximum Gasteiger partial charge on any atom is 0.193 e. The number of aliphatic imine (C=N–C) groups is 1. The molecule has 4 heteroatoms. The van der Waals surface area contributed by atoms with Crippen molar-refractivity contribution < 1.29 is 4.39 Å². The third-order valence-electron chi connectivity index (χ3n) is 1.84. The number of nitrogens with one attached hydrogen (secondary N) is 1. The minimum absolute atomic E-state index is 0.218. The molecule has 0 saturated carbocycles. The molecule has 1 aromatic carbocycles. The lowest BCUT2D eigenvalue weighted by Gasteiger charge is -2.14. The summed E-state index contributed by atoms with van der Waals surface area (Å²) in [5, 5.41) is 2.75. The number of hydrogen-bond donors (Lipinski definition) is 2. The summed E-state index contributed by atoms with van der Waals surface area (Å²) in [7, 11) is 0. The van der Waals surface area contributed by atoms with Crippen LogP contribution in [0, 0.1) is 12.7 Å². The fourth-order valence-corrected chi connectivity index (χ4v) is 1.25. The van der Waals surface area contributed by atoms with Gasteiger partial charge in [-0.15, -0.1) is 0 Å². The summed E-state index contributed by atoms with van der Waals surface area (Å²) in [6.07, 6.45) is 0. The summed E-state index contributed by atoms with van der Waals surface area (Å²) in [6, 6.07) is 4.91. The molecule has 3 nitrogen and oxygen atoms in total. The number of guanidine groups is 1. The Labute approximate surface area is 95.6 Å². The largest absolute Gasteiger partial charge is 0.370 e. The predicted molar refractivity (Wildman–Crippen MR) is 66.1 cm³/mol. The second-order valence-electron chi connectivity index (χ2n) is 4.78. The van der Waals surface area contributed by atoms with Gasteiger partial charge in [0.1, 0.15) is 5.82 Å².